The predicted octanol–water partition coefficient (Wildman–Crippen LogP) is 4.33. The molecule has 1 aliphatic rings. The number of nitriles is 1. The lowest BCUT2D eigenvalue weighted by molar-refractivity contribution is -0.127. The number of rotatable bonds is 10. The molecule has 1 aliphatic carbocycles. The molecule has 3 heteroatoms. The van der Waals surface area contributed by atoms with Crippen molar-refractivity contribution < 1.29 is 4.79 Å². The maximum atomic E-state index is 12.1. The molecule has 0 aromatic heterocycles. The van der Waals surface area contributed by atoms with Gasteiger partial charge >= 0.3 is 0 Å². The van der Waals surface area contributed by atoms with E-state index in [4.69, 9.17) is 0 Å². The van der Waals surface area contributed by atoms with E-state index >= 15 is 0 Å². The third-order valence-corrected chi connectivity index (χ3v) is 4.42. The maximum Gasteiger partial charge on any atom is 0.240 e. The van der Waals surface area contributed by atoms with Crippen LogP contribution in [0.5, 0.6) is 0 Å². The SMILES string of the molecule is CCCCCCCCCCNC(=O)C1(C#N)CCCC1. The van der Waals surface area contributed by atoms with Crippen LogP contribution in [0.2, 0.25) is 0 Å². The van der Waals surface area contributed by atoms with Gasteiger partial charge in [-0.3, -0.25) is 4.79 Å². The molecule has 1 N–H and O–H groups in total. The number of nitrogens with zero attached hydrogens (tertiary/aromatic N) is 1. The summed E-state index contributed by atoms with van der Waals surface area (Å²) in [6.45, 7) is 2.97. The van der Waals surface area contributed by atoms with Crippen molar-refractivity contribution in [3.63, 3.8) is 0 Å². The second-order valence-corrected chi connectivity index (χ2v) is 6.13. The van der Waals surface area contributed by atoms with Gasteiger partial charge in [-0.1, -0.05) is 64.7 Å². The molecule has 0 aromatic rings. The number of amides is 1. The fourth-order valence-electron chi connectivity index (χ4n) is 3.00. The molecule has 0 aliphatic heterocycles. The molecule has 1 amide bonds. The summed E-state index contributed by atoms with van der Waals surface area (Å²) in [4.78, 5) is 12.1. The van der Waals surface area contributed by atoms with E-state index in [0.717, 1.165) is 38.6 Å². The Balaban J connectivity index is 2.01. The average molecular weight is 278 g/mol. The zero-order valence-electron chi connectivity index (χ0n) is 13.0. The number of unbranched alkanes of at least 4 members (excludes halogenated alkanes) is 7. The number of nitrogens with one attached hydrogen (secondary N) is 1. The van der Waals surface area contributed by atoms with E-state index in [0.29, 0.717) is 0 Å². The van der Waals surface area contributed by atoms with E-state index in [1.54, 1.807) is 0 Å². The van der Waals surface area contributed by atoms with E-state index in [1.165, 1.54) is 44.9 Å². The molecule has 0 unspecified atom stereocenters. The first kappa shape index (κ1) is 17.0. The molecule has 0 radical (unpaired) electrons. The molecule has 0 heterocycles. The first-order chi connectivity index (χ1) is 9.75. The second kappa shape index (κ2) is 9.80. The summed E-state index contributed by atoms with van der Waals surface area (Å²) >= 11 is 0. The molecular formula is C17H30N2O. The van der Waals surface area contributed by atoms with Crippen LogP contribution in [0, 0.1) is 16.7 Å². The van der Waals surface area contributed by atoms with Gasteiger partial charge in [-0.05, 0) is 19.3 Å². The van der Waals surface area contributed by atoms with Crippen LogP contribution in [0.4, 0.5) is 0 Å². The van der Waals surface area contributed by atoms with E-state index in [2.05, 4.69) is 18.3 Å². The molecule has 114 valence electrons. The van der Waals surface area contributed by atoms with Gasteiger partial charge < -0.3 is 5.32 Å². The molecule has 0 aromatic carbocycles. The first-order valence-corrected chi connectivity index (χ1v) is 8.45. The van der Waals surface area contributed by atoms with Crippen LogP contribution in [0.1, 0.15) is 84.0 Å². The molecule has 3 nitrogen and oxygen atoms in total. The minimum Gasteiger partial charge on any atom is -0.355 e. The van der Waals surface area contributed by atoms with Gasteiger partial charge in [0.1, 0.15) is 5.41 Å². The topological polar surface area (TPSA) is 52.9 Å². The van der Waals surface area contributed by atoms with Crippen molar-refractivity contribution in [2.75, 3.05) is 6.54 Å². The van der Waals surface area contributed by atoms with Crippen LogP contribution in [0.3, 0.4) is 0 Å². The molecule has 0 spiro atoms. The quantitative estimate of drug-likeness (QED) is 0.605. The Morgan fingerprint density at radius 3 is 2.15 bits per heavy atom. The van der Waals surface area contributed by atoms with Crippen molar-refractivity contribution >= 4 is 5.91 Å². The minimum absolute atomic E-state index is 0.0274. The lowest BCUT2D eigenvalue weighted by atomic mass is 9.87. The summed E-state index contributed by atoms with van der Waals surface area (Å²) in [5, 5.41) is 12.2. The van der Waals surface area contributed by atoms with Crippen LogP contribution in [-0.4, -0.2) is 12.5 Å². The lowest BCUT2D eigenvalue weighted by Gasteiger charge is -2.19. The molecule has 0 bridgehead atoms. The highest BCUT2D eigenvalue weighted by atomic mass is 16.2. The molecule has 0 atom stereocenters. The van der Waals surface area contributed by atoms with Crippen molar-refractivity contribution in [3.8, 4) is 6.07 Å². The highest BCUT2D eigenvalue weighted by Crippen LogP contribution is 2.37. The first-order valence-electron chi connectivity index (χ1n) is 8.45. The Labute approximate surface area is 124 Å². The minimum atomic E-state index is -0.708. The average Bonchev–Trinajstić information content (AvgIpc) is 2.95. The van der Waals surface area contributed by atoms with Gasteiger partial charge in [-0.2, -0.15) is 5.26 Å². The smallest absolute Gasteiger partial charge is 0.240 e. The van der Waals surface area contributed by atoms with E-state index in [9.17, 15) is 10.1 Å². The van der Waals surface area contributed by atoms with Gasteiger partial charge in [0.2, 0.25) is 5.91 Å². The highest BCUT2D eigenvalue weighted by molar-refractivity contribution is 5.85. The number of carbonyl (C=O) groups excluding carboxylic acids is 1. The standard InChI is InChI=1S/C17H30N2O/c1-2-3-4-5-6-7-8-11-14-19-16(20)17(15-18)12-9-10-13-17/h2-14H2,1H3,(H,19,20). The number of carbonyl (C=O) groups is 1. The van der Waals surface area contributed by atoms with Crippen molar-refractivity contribution in [1.29, 1.82) is 5.26 Å². The van der Waals surface area contributed by atoms with Gasteiger partial charge in [-0.15, -0.1) is 0 Å². The highest BCUT2D eigenvalue weighted by Gasteiger charge is 2.41. The predicted molar refractivity (Wildman–Crippen MR) is 82.1 cm³/mol. The largest absolute Gasteiger partial charge is 0.355 e. The van der Waals surface area contributed by atoms with Crippen LogP contribution >= 0.6 is 0 Å². The monoisotopic (exact) mass is 278 g/mol. The molecular weight excluding hydrogens is 248 g/mol. The van der Waals surface area contributed by atoms with Crippen LogP contribution in [-0.2, 0) is 4.79 Å². The lowest BCUT2D eigenvalue weighted by Crippen LogP contribution is -2.38. The summed E-state index contributed by atoms with van der Waals surface area (Å²) in [6.07, 6.45) is 13.7. The Kier molecular flexibility index (Phi) is 8.34. The number of hydrogen-bond acceptors (Lipinski definition) is 2. The third-order valence-electron chi connectivity index (χ3n) is 4.42. The Bertz CT molecular complexity index is 313. The van der Waals surface area contributed by atoms with Crippen LogP contribution in [0.25, 0.3) is 0 Å². The van der Waals surface area contributed by atoms with Gasteiger partial charge in [-0.25, -0.2) is 0 Å². The third kappa shape index (κ3) is 5.53. The summed E-state index contributed by atoms with van der Waals surface area (Å²) in [5.41, 5.74) is -0.708. The number of hydrogen-bond donors (Lipinski definition) is 1. The Morgan fingerprint density at radius 2 is 1.60 bits per heavy atom. The van der Waals surface area contributed by atoms with Gasteiger partial charge in [0.25, 0.3) is 0 Å². The van der Waals surface area contributed by atoms with Gasteiger partial charge in [0.15, 0.2) is 0 Å². The fourth-order valence-corrected chi connectivity index (χ4v) is 3.00. The normalized spacial score (nSPS) is 16.8. The van der Waals surface area contributed by atoms with Gasteiger partial charge in [0, 0.05) is 6.54 Å². The summed E-state index contributed by atoms with van der Waals surface area (Å²) < 4.78 is 0. The molecule has 20 heavy (non-hydrogen) atoms. The van der Waals surface area contributed by atoms with E-state index in [1.807, 2.05) is 0 Å². The van der Waals surface area contributed by atoms with Crippen LogP contribution < -0.4 is 5.32 Å². The van der Waals surface area contributed by atoms with Crippen molar-refractivity contribution in [3.05, 3.63) is 0 Å². The zero-order chi connectivity index (χ0) is 14.7. The molecule has 1 saturated carbocycles. The van der Waals surface area contributed by atoms with Crippen LogP contribution in [0.15, 0.2) is 0 Å². The summed E-state index contributed by atoms with van der Waals surface area (Å²) in [6, 6.07) is 2.25. The van der Waals surface area contributed by atoms with Gasteiger partial charge in [0.05, 0.1) is 6.07 Å². The van der Waals surface area contributed by atoms with E-state index < -0.39 is 5.41 Å². The molecule has 1 rings (SSSR count). The zero-order valence-corrected chi connectivity index (χ0v) is 13.0. The van der Waals surface area contributed by atoms with Crippen molar-refractivity contribution in [1.82, 2.24) is 5.32 Å². The molecule has 1 fully saturated rings. The fraction of sp³-hybridized carbons (Fsp3) is 0.882. The summed E-state index contributed by atoms with van der Waals surface area (Å²) in [5.74, 6) is -0.0274. The Morgan fingerprint density at radius 1 is 1.05 bits per heavy atom. The summed E-state index contributed by atoms with van der Waals surface area (Å²) in [7, 11) is 0. The van der Waals surface area contributed by atoms with Crippen molar-refractivity contribution in [2.45, 2.75) is 84.0 Å². The Hall–Kier alpha value is -1.04. The van der Waals surface area contributed by atoms with E-state index in [-0.39, 0.29) is 5.91 Å². The molecule has 0 saturated heterocycles. The second-order valence-electron chi connectivity index (χ2n) is 6.13. The van der Waals surface area contributed by atoms with Crippen molar-refractivity contribution in [2.24, 2.45) is 5.41 Å². The maximum absolute atomic E-state index is 12.1.